The van der Waals surface area contributed by atoms with Gasteiger partial charge in [0.25, 0.3) is 0 Å². The summed E-state index contributed by atoms with van der Waals surface area (Å²) in [5.74, 6) is -0.0729. The first-order valence-corrected chi connectivity index (χ1v) is 23.4. The molecule has 6 heteroatoms. The number of carbonyl (C=O) groups excluding carboxylic acids is 3. The van der Waals surface area contributed by atoms with Crippen LogP contribution in [0.25, 0.3) is 0 Å². The Hall–Kier alpha value is -1.59. The van der Waals surface area contributed by atoms with Crippen molar-refractivity contribution in [2.45, 2.75) is 265 Å². The Labute approximate surface area is 329 Å². The zero-order valence-corrected chi connectivity index (χ0v) is 36.0. The van der Waals surface area contributed by atoms with Crippen LogP contribution in [0.1, 0.15) is 259 Å². The molecule has 0 unspecified atom stereocenters. The molecule has 1 atom stereocenters. The summed E-state index contributed by atoms with van der Waals surface area (Å²) in [5.41, 5.74) is 0. The topological polar surface area (TPSA) is 78.9 Å². The van der Waals surface area contributed by atoms with Crippen LogP contribution in [0.2, 0.25) is 0 Å². The van der Waals surface area contributed by atoms with E-state index in [0.717, 1.165) is 63.7 Å². The average Bonchev–Trinajstić information content (AvgIpc) is 3.14. The van der Waals surface area contributed by atoms with Crippen molar-refractivity contribution in [1.29, 1.82) is 0 Å². The lowest BCUT2D eigenvalue weighted by Gasteiger charge is -2.18. The molecule has 0 aliphatic carbocycles. The zero-order valence-electron chi connectivity index (χ0n) is 36.0. The quantitative estimate of drug-likeness (QED) is 0.0351. The Morgan fingerprint density at radius 3 is 0.925 bits per heavy atom. The van der Waals surface area contributed by atoms with Gasteiger partial charge >= 0.3 is 17.9 Å². The molecule has 0 fully saturated rings. The Kier molecular flexibility index (Phi) is 40.3. The van der Waals surface area contributed by atoms with E-state index in [0.29, 0.717) is 19.3 Å². The van der Waals surface area contributed by atoms with Crippen molar-refractivity contribution >= 4 is 17.9 Å². The molecule has 0 aromatic rings. The number of rotatable bonds is 42. The van der Waals surface area contributed by atoms with Gasteiger partial charge in [0.2, 0.25) is 0 Å². The summed E-state index contributed by atoms with van der Waals surface area (Å²) in [4.78, 5) is 37.7. The summed E-state index contributed by atoms with van der Waals surface area (Å²) >= 11 is 0. The van der Waals surface area contributed by atoms with Gasteiger partial charge in [-0.1, -0.05) is 220 Å². The number of hydrogen-bond donors (Lipinski definition) is 0. The average molecular weight is 751 g/mol. The van der Waals surface area contributed by atoms with E-state index in [1.165, 1.54) is 154 Å². The van der Waals surface area contributed by atoms with Crippen molar-refractivity contribution in [3.8, 4) is 0 Å². The van der Waals surface area contributed by atoms with Crippen molar-refractivity contribution in [2.24, 2.45) is 5.92 Å². The second kappa shape index (κ2) is 41.6. The number of unbranched alkanes of at least 4 members (excludes halogenated alkanes) is 29. The molecule has 0 aliphatic heterocycles. The fraction of sp³-hybridized carbons (Fsp3) is 0.936. The van der Waals surface area contributed by atoms with E-state index in [9.17, 15) is 14.4 Å². The molecule has 0 aliphatic rings. The summed E-state index contributed by atoms with van der Waals surface area (Å²) in [6, 6.07) is 0. The van der Waals surface area contributed by atoms with Crippen molar-refractivity contribution in [2.75, 3.05) is 13.2 Å². The highest BCUT2D eigenvalue weighted by Crippen LogP contribution is 2.16. The van der Waals surface area contributed by atoms with Gasteiger partial charge in [-0.15, -0.1) is 0 Å². The summed E-state index contributed by atoms with van der Waals surface area (Å²) in [6.45, 7) is 8.95. The third-order valence-corrected chi connectivity index (χ3v) is 10.5. The van der Waals surface area contributed by atoms with Crippen LogP contribution < -0.4 is 0 Å². The first-order chi connectivity index (χ1) is 25.9. The molecule has 0 N–H and O–H groups in total. The molecule has 53 heavy (non-hydrogen) atoms. The first kappa shape index (κ1) is 51.4. The number of carbonyl (C=O) groups is 3. The second-order valence-corrected chi connectivity index (χ2v) is 16.5. The monoisotopic (exact) mass is 751 g/mol. The van der Waals surface area contributed by atoms with Gasteiger partial charge in [-0.2, -0.15) is 0 Å². The summed E-state index contributed by atoms with van der Waals surface area (Å²) in [6.07, 6.45) is 40.9. The van der Waals surface area contributed by atoms with Crippen LogP contribution in [-0.2, 0) is 28.6 Å². The van der Waals surface area contributed by atoms with E-state index in [1.807, 2.05) is 0 Å². The minimum atomic E-state index is -0.759. The predicted molar refractivity (Wildman–Crippen MR) is 224 cm³/mol. The second-order valence-electron chi connectivity index (χ2n) is 16.5. The van der Waals surface area contributed by atoms with Gasteiger partial charge in [0, 0.05) is 19.3 Å². The molecule has 6 nitrogen and oxygen atoms in total. The van der Waals surface area contributed by atoms with E-state index < -0.39 is 6.10 Å². The molecule has 0 aromatic heterocycles. The maximum absolute atomic E-state index is 12.7. The van der Waals surface area contributed by atoms with Crippen LogP contribution in [-0.4, -0.2) is 37.2 Å². The zero-order chi connectivity index (χ0) is 38.9. The van der Waals surface area contributed by atoms with Crippen LogP contribution in [0, 0.1) is 5.92 Å². The molecular formula is C47H90O6. The molecular weight excluding hydrogens is 661 g/mol. The highest BCUT2D eigenvalue weighted by molar-refractivity contribution is 5.71. The number of ether oxygens (including phenoxy) is 3. The smallest absolute Gasteiger partial charge is 0.306 e. The van der Waals surface area contributed by atoms with Gasteiger partial charge in [-0.3, -0.25) is 14.4 Å². The lowest BCUT2D eigenvalue weighted by molar-refractivity contribution is -0.167. The van der Waals surface area contributed by atoms with E-state index >= 15 is 0 Å². The number of esters is 3. The molecule has 0 saturated carbocycles. The molecule has 0 bridgehead atoms. The Morgan fingerprint density at radius 2 is 0.623 bits per heavy atom. The normalized spacial score (nSPS) is 11.9. The van der Waals surface area contributed by atoms with Gasteiger partial charge in [0.1, 0.15) is 13.2 Å². The highest BCUT2D eigenvalue weighted by Gasteiger charge is 2.19. The molecule has 314 valence electrons. The van der Waals surface area contributed by atoms with Crippen molar-refractivity contribution in [3.05, 3.63) is 0 Å². The predicted octanol–water partition coefficient (Wildman–Crippen LogP) is 14.7. The molecule has 0 saturated heterocycles. The lowest BCUT2D eigenvalue weighted by atomic mass is 10.0. The SMILES string of the molecule is CCCCCCCCCCCCCCCC(=O)OC[C@H](COC(=O)CCCCCCCCCC(C)C)OC(=O)CCCCCCCCCCCCCC. The largest absolute Gasteiger partial charge is 0.462 e. The molecule has 0 amide bonds. The van der Waals surface area contributed by atoms with Crippen LogP contribution >= 0.6 is 0 Å². The van der Waals surface area contributed by atoms with E-state index in [2.05, 4.69) is 27.7 Å². The Morgan fingerprint density at radius 1 is 0.358 bits per heavy atom. The molecule has 0 spiro atoms. The third-order valence-electron chi connectivity index (χ3n) is 10.5. The fourth-order valence-electron chi connectivity index (χ4n) is 6.98. The maximum atomic E-state index is 12.7. The van der Waals surface area contributed by atoms with Crippen molar-refractivity contribution < 1.29 is 28.6 Å². The summed E-state index contributed by atoms with van der Waals surface area (Å²) in [7, 11) is 0. The van der Waals surface area contributed by atoms with Gasteiger partial charge in [-0.25, -0.2) is 0 Å². The Balaban J connectivity index is 4.32. The van der Waals surface area contributed by atoms with E-state index in [1.54, 1.807) is 0 Å². The third kappa shape index (κ3) is 41.4. The Bertz CT molecular complexity index is 796. The minimum absolute atomic E-state index is 0.0639. The minimum Gasteiger partial charge on any atom is -0.462 e. The standard InChI is InChI=1S/C47H90O6/c1-5-7-9-11-13-15-17-19-21-22-26-30-34-38-45(48)51-41-44(42-52-46(49)39-35-31-28-24-25-29-33-37-43(3)4)53-47(50)40-36-32-27-23-20-18-16-14-12-10-8-6-2/h43-44H,5-42H2,1-4H3/t44-/m1/s1. The van der Waals surface area contributed by atoms with Gasteiger partial charge < -0.3 is 14.2 Å². The van der Waals surface area contributed by atoms with Gasteiger partial charge in [-0.05, 0) is 25.2 Å². The van der Waals surface area contributed by atoms with Gasteiger partial charge in [0.05, 0.1) is 0 Å². The van der Waals surface area contributed by atoms with Crippen molar-refractivity contribution in [1.82, 2.24) is 0 Å². The first-order valence-electron chi connectivity index (χ1n) is 23.4. The molecule has 0 radical (unpaired) electrons. The summed E-state index contributed by atoms with van der Waals surface area (Å²) in [5, 5.41) is 0. The highest BCUT2D eigenvalue weighted by atomic mass is 16.6. The van der Waals surface area contributed by atoms with E-state index in [4.69, 9.17) is 14.2 Å². The van der Waals surface area contributed by atoms with Crippen LogP contribution in [0.15, 0.2) is 0 Å². The van der Waals surface area contributed by atoms with Crippen LogP contribution in [0.4, 0.5) is 0 Å². The van der Waals surface area contributed by atoms with Crippen LogP contribution in [0.5, 0.6) is 0 Å². The molecule has 0 heterocycles. The van der Waals surface area contributed by atoms with Gasteiger partial charge in [0.15, 0.2) is 6.10 Å². The lowest BCUT2D eigenvalue weighted by Crippen LogP contribution is -2.30. The molecule has 0 aromatic carbocycles. The van der Waals surface area contributed by atoms with Crippen LogP contribution in [0.3, 0.4) is 0 Å². The molecule has 0 rings (SSSR count). The van der Waals surface area contributed by atoms with E-state index in [-0.39, 0.29) is 31.1 Å². The maximum Gasteiger partial charge on any atom is 0.306 e. The fourth-order valence-corrected chi connectivity index (χ4v) is 6.98. The number of hydrogen-bond acceptors (Lipinski definition) is 6. The van der Waals surface area contributed by atoms with Crippen molar-refractivity contribution in [3.63, 3.8) is 0 Å². The summed E-state index contributed by atoms with van der Waals surface area (Å²) < 4.78 is 16.7.